The molecule has 8 heteroatoms. The van der Waals surface area contributed by atoms with E-state index in [4.69, 9.17) is 9.68 Å². The highest BCUT2D eigenvalue weighted by Gasteiger charge is 2.17. The first-order valence-corrected chi connectivity index (χ1v) is 5.25. The van der Waals surface area contributed by atoms with Gasteiger partial charge in [0.15, 0.2) is 5.76 Å². The number of nitrogens with zero attached hydrogens (tertiary/aromatic N) is 2. The number of aromatic amines is 1. The van der Waals surface area contributed by atoms with Crippen LogP contribution in [0.25, 0.3) is 0 Å². The van der Waals surface area contributed by atoms with E-state index >= 15 is 0 Å². The number of carbonyl (C=O) groups excluding carboxylic acids is 2. The fourth-order valence-corrected chi connectivity index (χ4v) is 1.35. The predicted octanol–water partition coefficient (Wildman–Crippen LogP) is 0.508. The largest absolute Gasteiger partial charge is 0.459 e. The smallest absolute Gasteiger partial charge is 0.291 e. The molecule has 2 aromatic rings. The monoisotopic (exact) mass is 259 g/mol. The lowest BCUT2D eigenvalue weighted by Gasteiger charge is -2.03. The summed E-state index contributed by atoms with van der Waals surface area (Å²) < 4.78 is 4.92. The third kappa shape index (κ3) is 2.78. The fourth-order valence-electron chi connectivity index (χ4n) is 1.35. The van der Waals surface area contributed by atoms with Crippen molar-refractivity contribution in [2.24, 2.45) is 0 Å². The number of hydrogen-bond acceptors (Lipinski definition) is 5. The van der Waals surface area contributed by atoms with Gasteiger partial charge in [0, 0.05) is 0 Å². The molecule has 0 saturated heterocycles. The summed E-state index contributed by atoms with van der Waals surface area (Å²) in [7, 11) is 0. The number of nitriles is 1. The summed E-state index contributed by atoms with van der Waals surface area (Å²) in [6.07, 6.45) is 2.66. The molecule has 0 radical (unpaired) electrons. The molecular weight excluding hydrogens is 250 g/mol. The van der Waals surface area contributed by atoms with Gasteiger partial charge in [-0.25, -0.2) is 0 Å². The van der Waals surface area contributed by atoms with Crippen molar-refractivity contribution in [2.45, 2.75) is 0 Å². The van der Waals surface area contributed by atoms with Crippen molar-refractivity contribution < 1.29 is 14.0 Å². The molecule has 0 aliphatic carbocycles. The molecule has 0 atom stereocenters. The zero-order valence-corrected chi connectivity index (χ0v) is 9.64. The van der Waals surface area contributed by atoms with Gasteiger partial charge < -0.3 is 15.1 Å². The standard InChI is InChI=1S/C11H9N5O3/c12-3-4-13-11(18)9-7(6-14-16-9)15-10(17)8-2-1-5-19-8/h1-2,5-6H,4H2,(H,13,18)(H,14,16)(H,15,17). The Labute approximate surface area is 107 Å². The molecular formula is C11H9N5O3. The molecule has 3 N–H and O–H groups in total. The average Bonchev–Trinajstić information content (AvgIpc) is 3.06. The first kappa shape index (κ1) is 12.4. The van der Waals surface area contributed by atoms with Gasteiger partial charge in [-0.15, -0.1) is 0 Å². The number of rotatable bonds is 4. The van der Waals surface area contributed by atoms with Crippen LogP contribution in [0.4, 0.5) is 5.69 Å². The number of hydrogen-bond donors (Lipinski definition) is 3. The average molecular weight is 259 g/mol. The third-order valence-corrected chi connectivity index (χ3v) is 2.19. The van der Waals surface area contributed by atoms with Crippen molar-refractivity contribution in [3.05, 3.63) is 36.0 Å². The number of amides is 2. The maximum absolute atomic E-state index is 11.7. The van der Waals surface area contributed by atoms with E-state index < -0.39 is 11.8 Å². The Bertz CT molecular complexity index is 623. The molecule has 96 valence electrons. The molecule has 8 nitrogen and oxygen atoms in total. The van der Waals surface area contributed by atoms with Crippen LogP contribution < -0.4 is 10.6 Å². The fraction of sp³-hybridized carbons (Fsp3) is 0.0909. The summed E-state index contributed by atoms with van der Waals surface area (Å²) in [5.41, 5.74) is 0.270. The van der Waals surface area contributed by atoms with Gasteiger partial charge in [0.2, 0.25) is 0 Å². The first-order chi connectivity index (χ1) is 9.22. The first-order valence-electron chi connectivity index (χ1n) is 5.25. The van der Waals surface area contributed by atoms with Crippen molar-refractivity contribution in [3.63, 3.8) is 0 Å². The van der Waals surface area contributed by atoms with Crippen molar-refractivity contribution in [1.82, 2.24) is 15.5 Å². The van der Waals surface area contributed by atoms with E-state index in [1.54, 1.807) is 12.1 Å². The molecule has 0 unspecified atom stereocenters. The van der Waals surface area contributed by atoms with E-state index in [1.807, 2.05) is 0 Å². The SMILES string of the molecule is N#CCNC(=O)c1[nH]ncc1NC(=O)c1ccco1. The van der Waals surface area contributed by atoms with Gasteiger partial charge in [0.25, 0.3) is 11.8 Å². The number of carbonyl (C=O) groups is 2. The zero-order valence-electron chi connectivity index (χ0n) is 9.64. The Hall–Kier alpha value is -3.08. The van der Waals surface area contributed by atoms with E-state index in [2.05, 4.69) is 20.8 Å². The normalized spacial score (nSPS) is 9.63. The summed E-state index contributed by atoms with van der Waals surface area (Å²) >= 11 is 0. The Morgan fingerprint density at radius 2 is 2.32 bits per heavy atom. The number of furan rings is 1. The van der Waals surface area contributed by atoms with Crippen molar-refractivity contribution in [3.8, 4) is 6.07 Å². The molecule has 0 fully saturated rings. The van der Waals surface area contributed by atoms with Crippen LogP contribution in [0.2, 0.25) is 0 Å². The van der Waals surface area contributed by atoms with Crippen LogP contribution in [-0.4, -0.2) is 28.6 Å². The van der Waals surface area contributed by atoms with E-state index in [0.29, 0.717) is 0 Å². The molecule has 2 heterocycles. The van der Waals surface area contributed by atoms with Crippen LogP contribution in [0.5, 0.6) is 0 Å². The minimum atomic E-state index is -0.534. The Balaban J connectivity index is 2.10. The summed E-state index contributed by atoms with van der Waals surface area (Å²) in [5.74, 6) is -0.917. The van der Waals surface area contributed by atoms with Crippen LogP contribution >= 0.6 is 0 Å². The van der Waals surface area contributed by atoms with Crippen LogP contribution in [0, 0.1) is 11.3 Å². The molecule has 0 aliphatic heterocycles. The molecule has 0 saturated carbocycles. The minimum absolute atomic E-state index is 0.0650. The highest BCUT2D eigenvalue weighted by Crippen LogP contribution is 2.13. The zero-order chi connectivity index (χ0) is 13.7. The summed E-state index contributed by atoms with van der Waals surface area (Å²) in [6.45, 7) is -0.135. The Kier molecular flexibility index (Phi) is 3.59. The topological polar surface area (TPSA) is 124 Å². The minimum Gasteiger partial charge on any atom is -0.459 e. The van der Waals surface area contributed by atoms with E-state index in [9.17, 15) is 9.59 Å². The number of anilines is 1. The predicted molar refractivity (Wildman–Crippen MR) is 63.2 cm³/mol. The van der Waals surface area contributed by atoms with E-state index in [0.717, 1.165) is 0 Å². The number of aromatic nitrogens is 2. The molecule has 2 amide bonds. The lowest BCUT2D eigenvalue weighted by atomic mass is 10.3. The summed E-state index contributed by atoms with van der Waals surface area (Å²) in [6, 6.07) is 4.84. The quantitative estimate of drug-likeness (QED) is 0.690. The molecule has 0 aromatic carbocycles. The van der Waals surface area contributed by atoms with Crippen LogP contribution in [0.1, 0.15) is 21.0 Å². The van der Waals surface area contributed by atoms with Gasteiger partial charge in [-0.3, -0.25) is 14.7 Å². The molecule has 2 rings (SSSR count). The number of H-pyrrole nitrogens is 1. The molecule has 0 bridgehead atoms. The lowest BCUT2D eigenvalue weighted by molar-refractivity contribution is 0.0954. The van der Waals surface area contributed by atoms with Gasteiger partial charge in [-0.2, -0.15) is 10.4 Å². The highest BCUT2D eigenvalue weighted by molar-refractivity contribution is 6.06. The van der Waals surface area contributed by atoms with Crippen LogP contribution in [-0.2, 0) is 0 Å². The van der Waals surface area contributed by atoms with Gasteiger partial charge in [-0.05, 0) is 12.1 Å². The lowest BCUT2D eigenvalue weighted by Crippen LogP contribution is -2.25. The van der Waals surface area contributed by atoms with Crippen molar-refractivity contribution in [2.75, 3.05) is 11.9 Å². The van der Waals surface area contributed by atoms with E-state index in [1.165, 1.54) is 18.5 Å². The second kappa shape index (κ2) is 5.50. The summed E-state index contributed by atoms with van der Waals surface area (Å²) in [4.78, 5) is 23.4. The Morgan fingerprint density at radius 3 is 3.00 bits per heavy atom. The third-order valence-electron chi connectivity index (χ3n) is 2.19. The molecule has 0 aliphatic rings. The Morgan fingerprint density at radius 1 is 1.47 bits per heavy atom. The molecule has 0 spiro atoms. The molecule has 19 heavy (non-hydrogen) atoms. The highest BCUT2D eigenvalue weighted by atomic mass is 16.3. The molecule has 2 aromatic heterocycles. The van der Waals surface area contributed by atoms with E-state index in [-0.39, 0.29) is 23.7 Å². The van der Waals surface area contributed by atoms with Gasteiger partial charge in [-0.1, -0.05) is 0 Å². The second-order valence-electron chi connectivity index (χ2n) is 3.43. The van der Waals surface area contributed by atoms with Gasteiger partial charge in [0.1, 0.15) is 12.2 Å². The van der Waals surface area contributed by atoms with Crippen molar-refractivity contribution >= 4 is 17.5 Å². The maximum atomic E-state index is 11.7. The summed E-state index contributed by atoms with van der Waals surface area (Å²) in [5, 5.41) is 19.3. The van der Waals surface area contributed by atoms with Gasteiger partial charge in [0.05, 0.1) is 24.2 Å². The van der Waals surface area contributed by atoms with Crippen LogP contribution in [0.3, 0.4) is 0 Å². The number of nitrogens with one attached hydrogen (secondary N) is 3. The van der Waals surface area contributed by atoms with Crippen LogP contribution in [0.15, 0.2) is 29.0 Å². The van der Waals surface area contributed by atoms with Gasteiger partial charge >= 0.3 is 0 Å². The maximum Gasteiger partial charge on any atom is 0.291 e. The van der Waals surface area contributed by atoms with Crippen molar-refractivity contribution in [1.29, 1.82) is 5.26 Å². The second-order valence-corrected chi connectivity index (χ2v) is 3.43.